The van der Waals surface area contributed by atoms with E-state index < -0.39 is 24.1 Å². The number of nitrogens with zero attached hydrogens (tertiary/aromatic N) is 2. The summed E-state index contributed by atoms with van der Waals surface area (Å²) in [5.74, 6) is -0.726. The number of anilines is 2. The first kappa shape index (κ1) is 18.0. The topological polar surface area (TPSA) is 88.2 Å². The number of alkyl carbamates (subject to hydrolysis) is 1. The Morgan fingerprint density at radius 3 is 2.81 bits per heavy atom. The average molecular weight is 365 g/mol. The first-order valence-electron chi connectivity index (χ1n) is 8.26. The van der Waals surface area contributed by atoms with Crippen molar-refractivity contribution < 1.29 is 28.2 Å². The minimum atomic E-state index is -0.633. The van der Waals surface area contributed by atoms with Crippen LogP contribution in [0.25, 0.3) is 0 Å². The summed E-state index contributed by atoms with van der Waals surface area (Å²) in [6, 6.07) is 2.70. The standard InChI is InChI=1S/C17H20FN3O5/c1-9(2)21-14(22)5-10-4-11(6-13(18)15(10)21)20-8-12(26-17(20)24)7-19-16(23)25-3/h4,6,9,12H,5,7-8H2,1-3H3,(H,19,23). The maximum Gasteiger partial charge on any atom is 0.414 e. The lowest BCUT2D eigenvalue weighted by atomic mass is 10.1. The van der Waals surface area contributed by atoms with Gasteiger partial charge < -0.3 is 19.7 Å². The van der Waals surface area contributed by atoms with Crippen LogP contribution >= 0.6 is 0 Å². The largest absolute Gasteiger partial charge is 0.453 e. The molecule has 8 nitrogen and oxygen atoms in total. The number of cyclic esters (lactones) is 1. The number of carbonyl (C=O) groups excluding carboxylic acids is 3. The molecule has 3 amide bonds. The summed E-state index contributed by atoms with van der Waals surface area (Å²) in [5.41, 5.74) is 1.14. The zero-order valence-electron chi connectivity index (χ0n) is 14.7. The molecule has 140 valence electrons. The number of methoxy groups -OCH3 is 1. The summed E-state index contributed by atoms with van der Waals surface area (Å²) in [7, 11) is 1.23. The van der Waals surface area contributed by atoms with Gasteiger partial charge in [0.1, 0.15) is 11.9 Å². The highest BCUT2D eigenvalue weighted by molar-refractivity contribution is 6.03. The van der Waals surface area contributed by atoms with Crippen molar-refractivity contribution in [2.75, 3.05) is 30.0 Å². The Morgan fingerprint density at radius 1 is 1.42 bits per heavy atom. The van der Waals surface area contributed by atoms with Gasteiger partial charge in [0.25, 0.3) is 0 Å². The molecule has 1 unspecified atom stereocenters. The van der Waals surface area contributed by atoms with Crippen LogP contribution in [-0.2, 0) is 20.7 Å². The number of fused-ring (bicyclic) bond motifs is 1. The molecule has 0 bridgehead atoms. The van der Waals surface area contributed by atoms with Crippen molar-refractivity contribution in [1.82, 2.24) is 5.32 Å². The van der Waals surface area contributed by atoms with Crippen molar-refractivity contribution in [1.29, 1.82) is 0 Å². The molecular weight excluding hydrogens is 345 g/mol. The van der Waals surface area contributed by atoms with Gasteiger partial charge in [-0.15, -0.1) is 0 Å². The van der Waals surface area contributed by atoms with Crippen molar-refractivity contribution in [3.8, 4) is 0 Å². The number of hydrogen-bond donors (Lipinski definition) is 1. The maximum absolute atomic E-state index is 14.7. The minimum absolute atomic E-state index is 0.0853. The Morgan fingerprint density at radius 2 is 2.15 bits per heavy atom. The first-order valence-corrected chi connectivity index (χ1v) is 8.26. The molecule has 9 heteroatoms. The van der Waals surface area contributed by atoms with E-state index in [4.69, 9.17) is 4.74 Å². The normalized spacial score (nSPS) is 19.0. The van der Waals surface area contributed by atoms with Gasteiger partial charge in [0.05, 0.1) is 38.0 Å². The Hall–Kier alpha value is -2.84. The number of carbonyl (C=O) groups is 3. The van der Waals surface area contributed by atoms with Crippen molar-refractivity contribution in [2.45, 2.75) is 32.4 Å². The molecule has 1 saturated heterocycles. The lowest BCUT2D eigenvalue weighted by Gasteiger charge is -2.23. The molecule has 0 saturated carbocycles. The van der Waals surface area contributed by atoms with E-state index >= 15 is 0 Å². The highest BCUT2D eigenvalue weighted by Gasteiger charge is 2.36. The van der Waals surface area contributed by atoms with Crippen molar-refractivity contribution in [2.24, 2.45) is 0 Å². The van der Waals surface area contributed by atoms with E-state index in [9.17, 15) is 18.8 Å². The van der Waals surface area contributed by atoms with Crippen LogP contribution in [0.3, 0.4) is 0 Å². The molecule has 1 atom stereocenters. The summed E-state index contributed by atoms with van der Waals surface area (Å²) in [6.45, 7) is 3.87. The van der Waals surface area contributed by atoms with Crippen molar-refractivity contribution in [3.63, 3.8) is 0 Å². The third-order valence-corrected chi connectivity index (χ3v) is 4.34. The Bertz CT molecular complexity index is 767. The fourth-order valence-corrected chi connectivity index (χ4v) is 3.23. The molecule has 0 spiro atoms. The monoisotopic (exact) mass is 365 g/mol. The molecule has 1 aromatic rings. The summed E-state index contributed by atoms with van der Waals surface area (Å²) < 4.78 is 24.3. The SMILES string of the molecule is COC(=O)NCC1CN(c2cc(F)c3c(c2)CC(=O)N3C(C)C)C(=O)O1. The van der Waals surface area contributed by atoms with Crippen LogP contribution < -0.4 is 15.1 Å². The van der Waals surface area contributed by atoms with Gasteiger partial charge in [-0.05, 0) is 31.5 Å². The predicted octanol–water partition coefficient (Wildman–Crippen LogP) is 1.80. The first-order chi connectivity index (χ1) is 12.3. The lowest BCUT2D eigenvalue weighted by Crippen LogP contribution is -2.34. The highest BCUT2D eigenvalue weighted by atomic mass is 19.1. The molecule has 0 aromatic heterocycles. The number of hydrogen-bond acceptors (Lipinski definition) is 5. The molecule has 2 heterocycles. The van der Waals surface area contributed by atoms with E-state index in [1.54, 1.807) is 6.07 Å². The molecule has 3 rings (SSSR count). The van der Waals surface area contributed by atoms with Gasteiger partial charge >= 0.3 is 12.2 Å². The van der Waals surface area contributed by atoms with E-state index in [0.29, 0.717) is 11.3 Å². The van der Waals surface area contributed by atoms with Crippen LogP contribution in [0.1, 0.15) is 19.4 Å². The predicted molar refractivity (Wildman–Crippen MR) is 90.7 cm³/mol. The maximum atomic E-state index is 14.7. The second kappa shape index (κ2) is 6.81. The number of benzene rings is 1. The molecule has 26 heavy (non-hydrogen) atoms. The number of halogens is 1. The zero-order valence-corrected chi connectivity index (χ0v) is 14.7. The summed E-state index contributed by atoms with van der Waals surface area (Å²) in [6.07, 6.45) is -1.75. The third kappa shape index (κ3) is 3.16. The quantitative estimate of drug-likeness (QED) is 0.879. The fraction of sp³-hybridized carbons (Fsp3) is 0.471. The number of ether oxygens (including phenoxy) is 2. The third-order valence-electron chi connectivity index (χ3n) is 4.34. The Kier molecular flexibility index (Phi) is 4.71. The minimum Gasteiger partial charge on any atom is -0.453 e. The second-order valence-corrected chi connectivity index (χ2v) is 6.46. The van der Waals surface area contributed by atoms with E-state index in [1.165, 1.54) is 23.0 Å². The fourth-order valence-electron chi connectivity index (χ4n) is 3.23. The van der Waals surface area contributed by atoms with Crippen LogP contribution in [0.5, 0.6) is 0 Å². The van der Waals surface area contributed by atoms with Gasteiger partial charge in [0.2, 0.25) is 5.91 Å². The summed E-state index contributed by atoms with van der Waals surface area (Å²) in [5, 5.41) is 2.45. The zero-order chi connectivity index (χ0) is 19.0. The van der Waals surface area contributed by atoms with E-state index in [0.717, 1.165) is 0 Å². The molecule has 2 aliphatic heterocycles. The lowest BCUT2D eigenvalue weighted by molar-refractivity contribution is -0.117. The Balaban J connectivity index is 1.80. The molecule has 1 fully saturated rings. The second-order valence-electron chi connectivity index (χ2n) is 6.46. The van der Waals surface area contributed by atoms with Crippen LogP contribution in [-0.4, -0.2) is 50.4 Å². The number of rotatable bonds is 4. The van der Waals surface area contributed by atoms with Gasteiger partial charge in [0.15, 0.2) is 0 Å². The van der Waals surface area contributed by atoms with E-state index in [-0.39, 0.29) is 37.1 Å². The van der Waals surface area contributed by atoms with Crippen molar-refractivity contribution >= 4 is 29.5 Å². The molecule has 0 aliphatic carbocycles. The van der Waals surface area contributed by atoms with Crippen LogP contribution in [0, 0.1) is 5.82 Å². The molecule has 1 aromatic carbocycles. The molecule has 2 aliphatic rings. The highest BCUT2D eigenvalue weighted by Crippen LogP contribution is 2.37. The molecular formula is C17H20FN3O5. The van der Waals surface area contributed by atoms with Gasteiger partial charge in [-0.3, -0.25) is 9.69 Å². The number of amides is 3. The van der Waals surface area contributed by atoms with Crippen LogP contribution in [0.15, 0.2) is 12.1 Å². The number of nitrogens with one attached hydrogen (secondary N) is 1. The van der Waals surface area contributed by atoms with Gasteiger partial charge in [0, 0.05) is 6.04 Å². The van der Waals surface area contributed by atoms with Crippen LogP contribution in [0.2, 0.25) is 0 Å². The molecule has 0 radical (unpaired) electrons. The van der Waals surface area contributed by atoms with Crippen LogP contribution in [0.4, 0.5) is 25.4 Å². The van der Waals surface area contributed by atoms with E-state index in [1.807, 2.05) is 13.8 Å². The van der Waals surface area contributed by atoms with E-state index in [2.05, 4.69) is 10.1 Å². The summed E-state index contributed by atoms with van der Waals surface area (Å²) in [4.78, 5) is 38.1. The summed E-state index contributed by atoms with van der Waals surface area (Å²) >= 11 is 0. The average Bonchev–Trinajstić information content (AvgIpc) is 3.11. The van der Waals surface area contributed by atoms with Gasteiger partial charge in [-0.25, -0.2) is 14.0 Å². The Labute approximate surface area is 149 Å². The molecule has 1 N–H and O–H groups in total. The van der Waals surface area contributed by atoms with Gasteiger partial charge in [-0.2, -0.15) is 0 Å². The van der Waals surface area contributed by atoms with Gasteiger partial charge in [-0.1, -0.05) is 0 Å². The smallest absolute Gasteiger partial charge is 0.414 e. The van der Waals surface area contributed by atoms with Crippen molar-refractivity contribution in [3.05, 3.63) is 23.5 Å².